The molecule has 1 aromatic carbocycles. The van der Waals surface area contributed by atoms with Crippen LogP contribution in [0.15, 0.2) is 18.2 Å². The van der Waals surface area contributed by atoms with Crippen molar-refractivity contribution in [2.24, 2.45) is 5.92 Å². The van der Waals surface area contributed by atoms with Gasteiger partial charge in [-0.2, -0.15) is 0 Å². The summed E-state index contributed by atoms with van der Waals surface area (Å²) in [4.78, 5) is 2.50. The fourth-order valence-electron chi connectivity index (χ4n) is 3.16. The van der Waals surface area contributed by atoms with Crippen LogP contribution in [0.5, 0.6) is 0 Å². The smallest absolute Gasteiger partial charge is 0.0465 e. The van der Waals surface area contributed by atoms with Crippen LogP contribution in [-0.4, -0.2) is 30.6 Å². The van der Waals surface area contributed by atoms with Crippen LogP contribution in [0, 0.1) is 5.92 Å². The van der Waals surface area contributed by atoms with Crippen molar-refractivity contribution in [1.29, 1.82) is 0 Å². The second-order valence-corrected chi connectivity index (χ2v) is 6.24. The second kappa shape index (κ2) is 5.38. The molecule has 1 N–H and O–H groups in total. The zero-order valence-corrected chi connectivity index (χ0v) is 11.8. The average Bonchev–Trinajstić information content (AvgIpc) is 2.75. The summed E-state index contributed by atoms with van der Waals surface area (Å²) >= 11 is 12.2. The van der Waals surface area contributed by atoms with E-state index in [1.807, 2.05) is 18.2 Å². The third kappa shape index (κ3) is 2.67. The minimum Gasteiger partial charge on any atom is -0.312 e. The Morgan fingerprint density at radius 3 is 2.94 bits per heavy atom. The fraction of sp³-hybridized carbons (Fsp3) is 0.571. The van der Waals surface area contributed by atoms with E-state index in [1.54, 1.807) is 0 Å². The van der Waals surface area contributed by atoms with Gasteiger partial charge in [-0.25, -0.2) is 0 Å². The van der Waals surface area contributed by atoms with E-state index in [1.165, 1.54) is 31.5 Å². The molecule has 3 rings (SSSR count). The minimum absolute atomic E-state index is 0.685. The predicted octanol–water partition coefficient (Wildman–Crippen LogP) is 3.18. The molecule has 0 amide bonds. The summed E-state index contributed by atoms with van der Waals surface area (Å²) in [6.07, 6.45) is 2.68. The van der Waals surface area contributed by atoms with Gasteiger partial charge in [0.2, 0.25) is 0 Å². The SMILES string of the molecule is Clc1ccc(CN2C[C@@H]3CCCN[C@@H]3C2)c(Cl)c1. The quantitative estimate of drug-likeness (QED) is 0.898. The van der Waals surface area contributed by atoms with Gasteiger partial charge in [-0.3, -0.25) is 4.90 Å². The molecule has 0 bridgehead atoms. The van der Waals surface area contributed by atoms with Crippen molar-refractivity contribution in [3.63, 3.8) is 0 Å². The highest BCUT2D eigenvalue weighted by atomic mass is 35.5. The molecule has 2 saturated heterocycles. The lowest BCUT2D eigenvalue weighted by Gasteiger charge is -2.24. The van der Waals surface area contributed by atoms with Crippen LogP contribution in [0.25, 0.3) is 0 Å². The molecular formula is C14H18Cl2N2. The summed E-state index contributed by atoms with van der Waals surface area (Å²) in [5, 5.41) is 5.12. The normalized spacial score (nSPS) is 28.3. The monoisotopic (exact) mass is 284 g/mol. The Morgan fingerprint density at radius 2 is 2.17 bits per heavy atom. The third-order valence-corrected chi connectivity index (χ3v) is 4.67. The van der Waals surface area contributed by atoms with E-state index in [2.05, 4.69) is 10.2 Å². The van der Waals surface area contributed by atoms with Crippen LogP contribution in [0.3, 0.4) is 0 Å². The molecule has 2 aliphatic rings. The maximum atomic E-state index is 6.23. The molecule has 2 aliphatic heterocycles. The lowest BCUT2D eigenvalue weighted by molar-refractivity contribution is 0.313. The van der Waals surface area contributed by atoms with Crippen molar-refractivity contribution in [3.8, 4) is 0 Å². The Labute approximate surface area is 118 Å². The van der Waals surface area contributed by atoms with Crippen molar-refractivity contribution in [2.45, 2.75) is 25.4 Å². The van der Waals surface area contributed by atoms with Gasteiger partial charge in [0.1, 0.15) is 0 Å². The number of fused-ring (bicyclic) bond motifs is 1. The molecule has 0 radical (unpaired) electrons. The first-order chi connectivity index (χ1) is 8.72. The van der Waals surface area contributed by atoms with Crippen LogP contribution in [0.2, 0.25) is 10.0 Å². The third-order valence-electron chi connectivity index (χ3n) is 4.08. The standard InChI is InChI=1S/C14H18Cl2N2/c15-12-4-3-10(13(16)6-12)7-18-8-11-2-1-5-17-14(11)9-18/h3-4,6,11,14,17H,1-2,5,7-9H2/t11-,14+/m0/s1. The molecule has 0 saturated carbocycles. The van der Waals surface area contributed by atoms with Crippen LogP contribution < -0.4 is 5.32 Å². The van der Waals surface area contributed by atoms with E-state index >= 15 is 0 Å². The highest BCUT2D eigenvalue weighted by molar-refractivity contribution is 6.35. The number of hydrogen-bond acceptors (Lipinski definition) is 2. The van der Waals surface area contributed by atoms with Gasteiger partial charge in [0, 0.05) is 35.7 Å². The molecule has 4 heteroatoms. The highest BCUT2D eigenvalue weighted by Crippen LogP contribution is 2.28. The Balaban J connectivity index is 1.66. The van der Waals surface area contributed by atoms with Gasteiger partial charge in [0.25, 0.3) is 0 Å². The number of likely N-dealkylation sites (tertiary alicyclic amines) is 1. The maximum absolute atomic E-state index is 6.23. The molecular weight excluding hydrogens is 267 g/mol. The highest BCUT2D eigenvalue weighted by Gasteiger charge is 2.34. The topological polar surface area (TPSA) is 15.3 Å². The number of hydrogen-bond donors (Lipinski definition) is 1. The molecule has 98 valence electrons. The van der Waals surface area contributed by atoms with Gasteiger partial charge in [0.05, 0.1) is 0 Å². The summed E-state index contributed by atoms with van der Waals surface area (Å²) < 4.78 is 0. The molecule has 0 aliphatic carbocycles. The molecule has 2 atom stereocenters. The molecule has 0 aromatic heterocycles. The number of piperidine rings is 1. The molecule has 0 unspecified atom stereocenters. The van der Waals surface area contributed by atoms with E-state index in [4.69, 9.17) is 23.2 Å². The summed E-state index contributed by atoms with van der Waals surface area (Å²) in [6.45, 7) is 4.45. The minimum atomic E-state index is 0.685. The fourth-order valence-corrected chi connectivity index (χ4v) is 3.62. The lowest BCUT2D eigenvalue weighted by atomic mass is 9.94. The van der Waals surface area contributed by atoms with Crippen molar-refractivity contribution in [2.75, 3.05) is 19.6 Å². The Hall–Kier alpha value is -0.280. The van der Waals surface area contributed by atoms with Gasteiger partial charge in [-0.15, -0.1) is 0 Å². The van der Waals surface area contributed by atoms with Gasteiger partial charge in [-0.1, -0.05) is 29.3 Å². The Bertz CT molecular complexity index is 422. The van der Waals surface area contributed by atoms with Gasteiger partial charge < -0.3 is 5.32 Å². The number of halogens is 2. The van der Waals surface area contributed by atoms with Crippen LogP contribution >= 0.6 is 23.2 Å². The van der Waals surface area contributed by atoms with Crippen LogP contribution in [-0.2, 0) is 6.54 Å². The summed E-state index contributed by atoms with van der Waals surface area (Å²) in [5.41, 5.74) is 1.18. The second-order valence-electron chi connectivity index (χ2n) is 5.39. The summed E-state index contributed by atoms with van der Waals surface area (Å²) in [7, 11) is 0. The van der Waals surface area contributed by atoms with Crippen molar-refractivity contribution in [3.05, 3.63) is 33.8 Å². The first kappa shape index (κ1) is 12.7. The number of nitrogens with zero attached hydrogens (tertiary/aromatic N) is 1. The molecule has 18 heavy (non-hydrogen) atoms. The molecule has 2 heterocycles. The predicted molar refractivity (Wildman–Crippen MR) is 76.3 cm³/mol. The summed E-state index contributed by atoms with van der Waals surface area (Å²) in [6, 6.07) is 6.48. The van der Waals surface area contributed by atoms with Crippen molar-refractivity contribution >= 4 is 23.2 Å². The zero-order chi connectivity index (χ0) is 12.5. The van der Waals surface area contributed by atoms with E-state index < -0.39 is 0 Å². The van der Waals surface area contributed by atoms with Gasteiger partial charge >= 0.3 is 0 Å². The van der Waals surface area contributed by atoms with Crippen molar-refractivity contribution < 1.29 is 0 Å². The van der Waals surface area contributed by atoms with E-state index in [-0.39, 0.29) is 0 Å². The van der Waals surface area contributed by atoms with Crippen molar-refractivity contribution in [1.82, 2.24) is 10.2 Å². The van der Waals surface area contributed by atoms with E-state index in [0.29, 0.717) is 11.1 Å². The summed E-state index contributed by atoms with van der Waals surface area (Å²) in [5.74, 6) is 0.824. The lowest BCUT2D eigenvalue weighted by Crippen LogP contribution is -2.40. The first-order valence-electron chi connectivity index (χ1n) is 6.62. The Morgan fingerprint density at radius 1 is 1.28 bits per heavy atom. The van der Waals surface area contributed by atoms with Gasteiger partial charge in [-0.05, 0) is 43.0 Å². The largest absolute Gasteiger partial charge is 0.312 e. The zero-order valence-electron chi connectivity index (χ0n) is 10.3. The molecule has 1 aromatic rings. The molecule has 0 spiro atoms. The van der Waals surface area contributed by atoms with Crippen LogP contribution in [0.4, 0.5) is 0 Å². The first-order valence-corrected chi connectivity index (χ1v) is 7.37. The number of benzene rings is 1. The number of rotatable bonds is 2. The number of nitrogens with one attached hydrogen (secondary N) is 1. The van der Waals surface area contributed by atoms with Gasteiger partial charge in [0.15, 0.2) is 0 Å². The Kier molecular flexibility index (Phi) is 3.81. The maximum Gasteiger partial charge on any atom is 0.0465 e. The molecule has 2 fully saturated rings. The van der Waals surface area contributed by atoms with Crippen LogP contribution in [0.1, 0.15) is 18.4 Å². The average molecular weight is 285 g/mol. The van der Waals surface area contributed by atoms with E-state index in [9.17, 15) is 0 Å². The molecule has 2 nitrogen and oxygen atoms in total. The van der Waals surface area contributed by atoms with E-state index in [0.717, 1.165) is 24.0 Å².